The van der Waals surface area contributed by atoms with Gasteiger partial charge in [0.05, 0.1) is 22.2 Å². The van der Waals surface area contributed by atoms with Gasteiger partial charge in [0.1, 0.15) is 5.82 Å². The summed E-state index contributed by atoms with van der Waals surface area (Å²) in [6, 6.07) is 10.9. The molecule has 27 heavy (non-hydrogen) atoms. The Morgan fingerprint density at radius 3 is 2.56 bits per heavy atom. The highest BCUT2D eigenvalue weighted by Crippen LogP contribution is 2.31. The predicted molar refractivity (Wildman–Crippen MR) is 107 cm³/mol. The van der Waals surface area contributed by atoms with E-state index in [-0.39, 0.29) is 6.42 Å². The van der Waals surface area contributed by atoms with Gasteiger partial charge in [-0.15, -0.1) is 11.3 Å². The van der Waals surface area contributed by atoms with Gasteiger partial charge < -0.3 is 15.2 Å². The maximum Gasteiger partial charge on any atom is 0.307 e. The zero-order valence-corrected chi connectivity index (χ0v) is 16.4. The number of aryl methyl sites for hydroxylation is 1. The molecule has 2 N–H and O–H groups in total. The monoisotopic (exact) mass is 403 g/mol. The topological polar surface area (TPSA) is 84.3 Å². The lowest BCUT2D eigenvalue weighted by molar-refractivity contribution is -0.136. The number of carboxylic acids is 1. The van der Waals surface area contributed by atoms with Crippen LogP contribution >= 0.6 is 22.9 Å². The summed E-state index contributed by atoms with van der Waals surface area (Å²) in [7, 11) is 1.62. The minimum atomic E-state index is -0.858. The van der Waals surface area contributed by atoms with Crippen LogP contribution in [-0.4, -0.2) is 28.2 Å². The van der Waals surface area contributed by atoms with E-state index in [1.165, 1.54) is 11.3 Å². The summed E-state index contributed by atoms with van der Waals surface area (Å²) in [4.78, 5) is 20.9. The molecule has 0 radical (unpaired) electrons. The Bertz CT molecular complexity index is 957. The number of benzene rings is 1. The van der Waals surface area contributed by atoms with Gasteiger partial charge in [-0.3, -0.25) is 4.79 Å². The number of ether oxygens (including phenoxy) is 1. The average Bonchev–Trinajstić information content (AvgIpc) is 3.05. The van der Waals surface area contributed by atoms with Crippen molar-refractivity contribution >= 4 is 40.4 Å². The maximum absolute atomic E-state index is 10.8. The standard InChI is InChI=1S/C19H18ClN3O3S/c1-11-14(10-26-2)18(23-19(21-11)15-7-8-16(20)27-15)22-13-5-3-12(4-6-13)9-17(24)25/h3-8H,9-10H2,1-2H3,(H,24,25)(H,21,22,23). The van der Waals surface area contributed by atoms with Crippen LogP contribution in [0.2, 0.25) is 4.34 Å². The number of anilines is 2. The molecule has 3 aromatic rings. The fourth-order valence-electron chi connectivity index (χ4n) is 2.58. The quantitative estimate of drug-likeness (QED) is 0.595. The van der Waals surface area contributed by atoms with E-state index >= 15 is 0 Å². The first kappa shape index (κ1) is 19.3. The number of hydrogen-bond donors (Lipinski definition) is 2. The second-order valence-corrected chi connectivity index (χ2v) is 7.60. The number of carboxylic acid groups (broad SMARTS) is 1. The molecule has 0 bridgehead atoms. The van der Waals surface area contributed by atoms with Crippen LogP contribution in [0.1, 0.15) is 16.8 Å². The SMILES string of the molecule is COCc1c(C)nc(-c2ccc(Cl)s2)nc1Nc1ccc(CC(=O)O)cc1. The van der Waals surface area contributed by atoms with Crippen molar-refractivity contribution in [1.82, 2.24) is 9.97 Å². The third-order valence-electron chi connectivity index (χ3n) is 3.87. The van der Waals surface area contributed by atoms with Crippen molar-refractivity contribution in [1.29, 1.82) is 0 Å². The van der Waals surface area contributed by atoms with Gasteiger partial charge in [-0.2, -0.15) is 0 Å². The third-order valence-corrected chi connectivity index (χ3v) is 5.10. The van der Waals surface area contributed by atoms with Gasteiger partial charge >= 0.3 is 5.97 Å². The number of nitrogens with zero attached hydrogens (tertiary/aromatic N) is 2. The maximum atomic E-state index is 10.8. The number of carbonyl (C=O) groups is 1. The van der Waals surface area contributed by atoms with Crippen LogP contribution in [0, 0.1) is 6.92 Å². The number of halogens is 1. The van der Waals surface area contributed by atoms with Gasteiger partial charge in [-0.25, -0.2) is 9.97 Å². The van der Waals surface area contributed by atoms with Crippen LogP contribution in [0.3, 0.4) is 0 Å². The van der Waals surface area contributed by atoms with Crippen LogP contribution in [0.15, 0.2) is 36.4 Å². The first-order valence-electron chi connectivity index (χ1n) is 8.16. The van der Waals surface area contributed by atoms with Crippen molar-refractivity contribution in [2.75, 3.05) is 12.4 Å². The second-order valence-electron chi connectivity index (χ2n) is 5.89. The fourth-order valence-corrected chi connectivity index (χ4v) is 3.56. The molecule has 6 nitrogen and oxygen atoms in total. The molecular weight excluding hydrogens is 386 g/mol. The zero-order chi connectivity index (χ0) is 19.4. The number of aromatic nitrogens is 2. The van der Waals surface area contributed by atoms with E-state index in [9.17, 15) is 4.79 Å². The van der Waals surface area contributed by atoms with Crippen LogP contribution < -0.4 is 5.32 Å². The third kappa shape index (κ3) is 4.82. The average molecular weight is 404 g/mol. The lowest BCUT2D eigenvalue weighted by Gasteiger charge is -2.14. The van der Waals surface area contributed by atoms with Gasteiger partial charge in [0.25, 0.3) is 0 Å². The number of hydrogen-bond acceptors (Lipinski definition) is 6. The molecule has 2 aromatic heterocycles. The van der Waals surface area contributed by atoms with Crippen molar-refractivity contribution < 1.29 is 14.6 Å². The van der Waals surface area contributed by atoms with Crippen molar-refractivity contribution in [3.8, 4) is 10.7 Å². The summed E-state index contributed by atoms with van der Waals surface area (Å²) in [5.41, 5.74) is 3.21. The molecule has 1 aromatic carbocycles. The Morgan fingerprint density at radius 1 is 1.22 bits per heavy atom. The van der Waals surface area contributed by atoms with Crippen LogP contribution in [-0.2, 0) is 22.6 Å². The highest BCUT2D eigenvalue weighted by molar-refractivity contribution is 7.19. The van der Waals surface area contributed by atoms with E-state index in [1.54, 1.807) is 19.2 Å². The van der Waals surface area contributed by atoms with E-state index in [2.05, 4.69) is 15.3 Å². The summed E-state index contributed by atoms with van der Waals surface area (Å²) >= 11 is 7.45. The van der Waals surface area contributed by atoms with Gasteiger partial charge in [0.15, 0.2) is 5.82 Å². The summed E-state index contributed by atoms with van der Waals surface area (Å²) in [6.45, 7) is 2.28. The van der Waals surface area contributed by atoms with Crippen LogP contribution in [0.4, 0.5) is 11.5 Å². The number of aliphatic carboxylic acids is 1. The zero-order valence-electron chi connectivity index (χ0n) is 14.8. The predicted octanol–water partition coefficient (Wildman–Crippen LogP) is 4.68. The molecule has 0 fully saturated rings. The minimum Gasteiger partial charge on any atom is -0.481 e. The molecule has 0 aliphatic carbocycles. The first-order chi connectivity index (χ1) is 13.0. The van der Waals surface area contributed by atoms with E-state index in [1.807, 2.05) is 31.2 Å². The van der Waals surface area contributed by atoms with Crippen molar-refractivity contribution in [2.45, 2.75) is 20.0 Å². The highest BCUT2D eigenvalue weighted by atomic mass is 35.5. The van der Waals surface area contributed by atoms with Crippen molar-refractivity contribution in [3.63, 3.8) is 0 Å². The summed E-state index contributed by atoms with van der Waals surface area (Å²) < 4.78 is 5.97. The molecule has 0 atom stereocenters. The number of nitrogens with one attached hydrogen (secondary N) is 1. The number of thiophene rings is 1. The molecule has 0 unspecified atom stereocenters. The molecule has 0 saturated heterocycles. The molecule has 0 amide bonds. The lowest BCUT2D eigenvalue weighted by atomic mass is 10.1. The Morgan fingerprint density at radius 2 is 1.96 bits per heavy atom. The van der Waals surface area contributed by atoms with Gasteiger partial charge in [-0.1, -0.05) is 23.7 Å². The Hall–Kier alpha value is -2.48. The second kappa shape index (κ2) is 8.47. The van der Waals surface area contributed by atoms with Crippen molar-refractivity contribution in [2.24, 2.45) is 0 Å². The van der Waals surface area contributed by atoms with Crippen molar-refractivity contribution in [3.05, 3.63) is 57.6 Å². The highest BCUT2D eigenvalue weighted by Gasteiger charge is 2.14. The van der Waals surface area contributed by atoms with E-state index in [0.29, 0.717) is 22.6 Å². The molecule has 8 heteroatoms. The Labute approximate surface area is 165 Å². The largest absolute Gasteiger partial charge is 0.481 e. The Balaban J connectivity index is 1.94. The molecule has 0 saturated carbocycles. The van der Waals surface area contributed by atoms with E-state index in [0.717, 1.165) is 27.4 Å². The Kier molecular flexibility index (Phi) is 6.05. The van der Waals surface area contributed by atoms with Crippen LogP contribution in [0.5, 0.6) is 0 Å². The van der Waals surface area contributed by atoms with Gasteiger partial charge in [-0.05, 0) is 36.8 Å². The van der Waals surface area contributed by atoms with Crippen LogP contribution in [0.25, 0.3) is 10.7 Å². The molecular formula is C19H18ClN3O3S. The molecule has 140 valence electrons. The van der Waals surface area contributed by atoms with Gasteiger partial charge in [0.2, 0.25) is 0 Å². The smallest absolute Gasteiger partial charge is 0.307 e. The van der Waals surface area contributed by atoms with E-state index in [4.69, 9.17) is 21.4 Å². The molecule has 3 rings (SSSR count). The number of rotatable bonds is 7. The first-order valence-corrected chi connectivity index (χ1v) is 9.35. The summed E-state index contributed by atoms with van der Waals surface area (Å²) in [5, 5.41) is 12.2. The van der Waals surface area contributed by atoms with Gasteiger partial charge in [0, 0.05) is 24.1 Å². The molecule has 0 spiro atoms. The molecule has 0 aliphatic heterocycles. The lowest BCUT2D eigenvalue weighted by Crippen LogP contribution is -2.06. The number of methoxy groups -OCH3 is 1. The molecule has 2 heterocycles. The normalized spacial score (nSPS) is 10.8. The summed E-state index contributed by atoms with van der Waals surface area (Å²) in [6.07, 6.45) is -0.00882. The van der Waals surface area contributed by atoms with E-state index < -0.39 is 5.97 Å². The summed E-state index contributed by atoms with van der Waals surface area (Å²) in [5.74, 6) is 0.382. The molecule has 0 aliphatic rings. The fraction of sp³-hybridized carbons (Fsp3) is 0.211. The minimum absolute atomic E-state index is 0.00882.